The van der Waals surface area contributed by atoms with Crippen LogP contribution in [0.5, 0.6) is 11.8 Å². The van der Waals surface area contributed by atoms with Gasteiger partial charge in [0.15, 0.2) is 12.2 Å². The van der Waals surface area contributed by atoms with Crippen LogP contribution in [0.4, 0.5) is 11.4 Å². The largest absolute Gasteiger partial charge is 0.466 e. The Kier molecular flexibility index (Phi) is 20.0. The molecular formula is C22H33Br2N5O6. The Balaban J connectivity index is -0.000000503. The van der Waals surface area contributed by atoms with Gasteiger partial charge in [-0.15, -0.1) is 0 Å². The SMILES string of the molecule is C.C.CC#N.COC(=O)[C@@H](C)Oc1cc(N)ccn1.COC(=O)[C@@H](C)Oc1ncc(Br)c(N)c1Br. The van der Waals surface area contributed by atoms with Crippen LogP contribution in [0.15, 0.2) is 33.5 Å². The van der Waals surface area contributed by atoms with Gasteiger partial charge in [0.25, 0.3) is 0 Å². The van der Waals surface area contributed by atoms with Crippen molar-refractivity contribution in [2.75, 3.05) is 25.7 Å². The molecule has 0 amide bonds. The minimum Gasteiger partial charge on any atom is -0.466 e. The van der Waals surface area contributed by atoms with Crippen LogP contribution >= 0.6 is 31.9 Å². The van der Waals surface area contributed by atoms with Crippen LogP contribution in [-0.2, 0) is 19.1 Å². The van der Waals surface area contributed by atoms with E-state index in [1.807, 2.05) is 0 Å². The Morgan fingerprint density at radius 3 is 1.97 bits per heavy atom. The molecule has 0 spiro atoms. The zero-order chi connectivity index (χ0) is 25.6. The Labute approximate surface area is 223 Å². The first-order valence-electron chi connectivity index (χ1n) is 9.13. The van der Waals surface area contributed by atoms with Crippen LogP contribution in [0.25, 0.3) is 0 Å². The zero-order valence-electron chi connectivity index (χ0n) is 18.7. The maximum Gasteiger partial charge on any atom is 0.346 e. The third-order valence-electron chi connectivity index (χ3n) is 3.39. The molecule has 13 heteroatoms. The number of pyridine rings is 2. The molecule has 0 unspecified atom stereocenters. The number of nitrogens with two attached hydrogens (primary N) is 2. The lowest BCUT2D eigenvalue weighted by Crippen LogP contribution is -2.25. The number of rotatable bonds is 6. The van der Waals surface area contributed by atoms with E-state index in [4.69, 9.17) is 26.2 Å². The van der Waals surface area contributed by atoms with Gasteiger partial charge in [0.1, 0.15) is 4.47 Å². The van der Waals surface area contributed by atoms with E-state index in [1.165, 1.54) is 33.5 Å². The number of hydrogen-bond donors (Lipinski definition) is 2. The Morgan fingerprint density at radius 2 is 1.51 bits per heavy atom. The molecule has 2 atom stereocenters. The number of nitrogens with zero attached hydrogens (tertiary/aromatic N) is 3. The first kappa shape index (κ1) is 36.5. The van der Waals surface area contributed by atoms with E-state index in [0.717, 1.165) is 0 Å². The van der Waals surface area contributed by atoms with Gasteiger partial charge in [0, 0.05) is 31.1 Å². The number of carbonyl (C=O) groups excluding carboxylic acids is 2. The van der Waals surface area contributed by atoms with Crippen molar-refractivity contribution in [3.8, 4) is 17.8 Å². The fourth-order valence-electron chi connectivity index (χ4n) is 1.81. The average molecular weight is 623 g/mol. The van der Waals surface area contributed by atoms with Gasteiger partial charge in [-0.1, -0.05) is 14.9 Å². The first-order chi connectivity index (χ1) is 15.5. The molecular weight excluding hydrogens is 590 g/mol. The van der Waals surface area contributed by atoms with Crippen molar-refractivity contribution in [1.29, 1.82) is 5.26 Å². The smallest absolute Gasteiger partial charge is 0.346 e. The van der Waals surface area contributed by atoms with Crippen molar-refractivity contribution in [2.24, 2.45) is 0 Å². The van der Waals surface area contributed by atoms with Gasteiger partial charge in [-0.2, -0.15) is 5.26 Å². The van der Waals surface area contributed by atoms with Gasteiger partial charge in [-0.25, -0.2) is 19.6 Å². The topological polar surface area (TPSA) is 173 Å². The molecule has 0 aromatic carbocycles. The van der Waals surface area contributed by atoms with Crippen molar-refractivity contribution >= 4 is 55.2 Å². The second-order valence-electron chi connectivity index (χ2n) is 5.86. The van der Waals surface area contributed by atoms with Crippen LogP contribution in [0, 0.1) is 11.3 Å². The van der Waals surface area contributed by atoms with E-state index in [9.17, 15) is 9.59 Å². The molecule has 4 N–H and O–H groups in total. The summed E-state index contributed by atoms with van der Waals surface area (Å²) in [4.78, 5) is 30.0. The molecule has 0 saturated carbocycles. The highest BCUT2D eigenvalue weighted by Gasteiger charge is 2.19. The molecule has 0 aliphatic rings. The van der Waals surface area contributed by atoms with E-state index in [-0.39, 0.29) is 20.7 Å². The summed E-state index contributed by atoms with van der Waals surface area (Å²) < 4.78 is 20.7. The highest BCUT2D eigenvalue weighted by atomic mass is 79.9. The quantitative estimate of drug-likeness (QED) is 0.433. The van der Waals surface area contributed by atoms with Crippen LogP contribution in [0.1, 0.15) is 35.6 Å². The summed E-state index contributed by atoms with van der Waals surface area (Å²) in [7, 11) is 2.59. The number of hydrogen-bond acceptors (Lipinski definition) is 11. The Hall–Kier alpha value is -3.11. The van der Waals surface area contributed by atoms with Crippen LogP contribution in [-0.4, -0.2) is 48.3 Å². The third kappa shape index (κ3) is 13.4. The third-order valence-corrected chi connectivity index (χ3v) is 4.79. The summed E-state index contributed by atoms with van der Waals surface area (Å²) in [5.74, 6) is -0.370. The summed E-state index contributed by atoms with van der Waals surface area (Å²) in [5.41, 5.74) is 12.2. The summed E-state index contributed by atoms with van der Waals surface area (Å²) in [6.45, 7) is 4.58. The fraction of sp³-hybridized carbons (Fsp3) is 0.409. The summed E-state index contributed by atoms with van der Waals surface area (Å²) in [6.07, 6.45) is 1.58. The molecule has 2 aromatic rings. The molecule has 2 aromatic heterocycles. The molecule has 0 saturated heterocycles. The number of methoxy groups -OCH3 is 2. The summed E-state index contributed by atoms with van der Waals surface area (Å²) in [5, 5.41) is 7.32. The van der Waals surface area contributed by atoms with E-state index in [2.05, 4.69) is 51.3 Å². The van der Waals surface area contributed by atoms with E-state index < -0.39 is 24.1 Å². The maximum atomic E-state index is 11.1. The lowest BCUT2D eigenvalue weighted by Gasteiger charge is -2.13. The minimum absolute atomic E-state index is 0. The van der Waals surface area contributed by atoms with Crippen LogP contribution in [0.3, 0.4) is 0 Å². The van der Waals surface area contributed by atoms with Crippen molar-refractivity contribution in [2.45, 2.75) is 47.8 Å². The normalized spacial score (nSPS) is 10.5. The van der Waals surface area contributed by atoms with E-state index in [0.29, 0.717) is 26.2 Å². The highest BCUT2D eigenvalue weighted by Crippen LogP contribution is 2.34. The minimum atomic E-state index is -0.741. The Bertz CT molecular complexity index is 972. The second kappa shape index (κ2) is 19.2. The van der Waals surface area contributed by atoms with Gasteiger partial charge in [-0.05, 0) is 51.8 Å². The average Bonchev–Trinajstić information content (AvgIpc) is 2.79. The number of ether oxygens (including phenoxy) is 4. The van der Waals surface area contributed by atoms with Crippen molar-refractivity contribution in [3.63, 3.8) is 0 Å². The molecule has 0 fully saturated rings. The number of nitriles is 1. The van der Waals surface area contributed by atoms with Gasteiger partial charge in [-0.3, -0.25) is 0 Å². The number of nitrogen functional groups attached to an aromatic ring is 2. The predicted molar refractivity (Wildman–Crippen MR) is 142 cm³/mol. The summed E-state index contributed by atoms with van der Waals surface area (Å²) >= 11 is 6.46. The van der Waals surface area contributed by atoms with E-state index in [1.54, 1.807) is 32.0 Å². The molecule has 0 radical (unpaired) electrons. The maximum absolute atomic E-state index is 11.1. The number of carbonyl (C=O) groups is 2. The second-order valence-corrected chi connectivity index (χ2v) is 7.50. The van der Waals surface area contributed by atoms with Gasteiger partial charge in [0.05, 0.1) is 30.4 Å². The number of aromatic nitrogens is 2. The van der Waals surface area contributed by atoms with Gasteiger partial charge >= 0.3 is 11.9 Å². The lowest BCUT2D eigenvalue weighted by molar-refractivity contribution is -0.148. The van der Waals surface area contributed by atoms with Crippen molar-refractivity contribution < 1.29 is 28.5 Å². The van der Waals surface area contributed by atoms with E-state index >= 15 is 0 Å². The molecule has 35 heavy (non-hydrogen) atoms. The summed E-state index contributed by atoms with van der Waals surface area (Å²) in [6, 6.07) is 4.93. The highest BCUT2D eigenvalue weighted by molar-refractivity contribution is 9.11. The van der Waals surface area contributed by atoms with Crippen molar-refractivity contribution in [3.05, 3.63) is 33.5 Å². The van der Waals surface area contributed by atoms with Crippen LogP contribution in [0.2, 0.25) is 0 Å². The first-order valence-corrected chi connectivity index (χ1v) is 10.7. The molecule has 0 aliphatic carbocycles. The van der Waals surface area contributed by atoms with Crippen LogP contribution < -0.4 is 20.9 Å². The monoisotopic (exact) mass is 621 g/mol. The number of halogens is 2. The Morgan fingerprint density at radius 1 is 1.03 bits per heavy atom. The predicted octanol–water partition coefficient (Wildman–Crippen LogP) is 4.54. The number of anilines is 2. The van der Waals surface area contributed by atoms with Crippen molar-refractivity contribution in [1.82, 2.24) is 9.97 Å². The molecule has 0 aliphatic heterocycles. The number of esters is 2. The molecule has 2 heterocycles. The van der Waals surface area contributed by atoms with Gasteiger partial charge in [0.2, 0.25) is 11.8 Å². The molecule has 196 valence electrons. The molecule has 11 nitrogen and oxygen atoms in total. The molecule has 0 bridgehead atoms. The standard InChI is InChI=1S/C9H10Br2N2O3.C9H12N2O3.C2H3N.2CH4/c1-4(9(14)15-2)16-8-6(11)7(12)5(10)3-13-8;1-6(9(12)13-2)14-8-5-7(10)3-4-11-8;1-2-3;;/h3-4H,1-2H3,(H2,12,13);3-6H,1-2H3,(H2,10,11);1H3;2*1H4/t4-;6-;;;/m11.../s1. The fourth-order valence-corrected chi connectivity index (χ4v) is 2.79. The zero-order valence-corrected chi connectivity index (χ0v) is 21.8. The van der Waals surface area contributed by atoms with Gasteiger partial charge < -0.3 is 30.4 Å². The molecule has 2 rings (SSSR count). The lowest BCUT2D eigenvalue weighted by atomic mass is 10.4.